The second-order valence-corrected chi connectivity index (χ2v) is 5.94. The van der Waals surface area contributed by atoms with Gasteiger partial charge in [-0.3, -0.25) is 4.79 Å². The number of benzene rings is 2. The van der Waals surface area contributed by atoms with Crippen LogP contribution < -0.4 is 5.32 Å². The number of hydrogen-bond acceptors (Lipinski definition) is 1. The lowest BCUT2D eigenvalue weighted by Crippen LogP contribution is -2.30. The van der Waals surface area contributed by atoms with Crippen LogP contribution in [0, 0.1) is 5.41 Å². The Kier molecular flexibility index (Phi) is 3.31. The summed E-state index contributed by atoms with van der Waals surface area (Å²) in [6.45, 7) is 0.768. The van der Waals surface area contributed by atoms with Gasteiger partial charge in [0.1, 0.15) is 0 Å². The largest absolute Gasteiger partial charge is 0.351 e. The fraction of sp³-hybridized carbons (Fsp3) is 0.312. The summed E-state index contributed by atoms with van der Waals surface area (Å²) in [6, 6.07) is 13.9. The molecule has 1 saturated carbocycles. The monoisotopic (exact) mass is 317 g/mol. The van der Waals surface area contributed by atoms with Crippen molar-refractivity contribution in [3.8, 4) is 0 Å². The van der Waals surface area contributed by atoms with Crippen molar-refractivity contribution >= 4 is 32.6 Å². The average Bonchev–Trinajstić information content (AvgIpc) is 3.25. The third kappa shape index (κ3) is 2.66. The molecule has 0 bridgehead atoms. The van der Waals surface area contributed by atoms with Crippen molar-refractivity contribution in [1.82, 2.24) is 5.32 Å². The molecule has 0 saturated heterocycles. The minimum atomic E-state index is 0.0259. The van der Waals surface area contributed by atoms with Crippen LogP contribution in [0.1, 0.15) is 23.2 Å². The third-order valence-electron chi connectivity index (χ3n) is 3.88. The van der Waals surface area contributed by atoms with Crippen LogP contribution in [-0.2, 0) is 0 Å². The highest BCUT2D eigenvalue weighted by atomic mass is 79.9. The van der Waals surface area contributed by atoms with Crippen molar-refractivity contribution in [3.63, 3.8) is 0 Å². The van der Waals surface area contributed by atoms with Crippen molar-refractivity contribution in [2.45, 2.75) is 12.8 Å². The zero-order valence-electron chi connectivity index (χ0n) is 10.7. The van der Waals surface area contributed by atoms with E-state index in [1.54, 1.807) is 0 Å². The average molecular weight is 318 g/mol. The van der Waals surface area contributed by atoms with Gasteiger partial charge in [0.25, 0.3) is 5.91 Å². The second-order valence-electron chi connectivity index (χ2n) is 5.38. The van der Waals surface area contributed by atoms with Gasteiger partial charge in [-0.15, -0.1) is 0 Å². The summed E-state index contributed by atoms with van der Waals surface area (Å²) in [7, 11) is 0. The fourth-order valence-corrected chi connectivity index (χ4v) is 2.99. The molecule has 3 rings (SSSR count). The smallest absolute Gasteiger partial charge is 0.251 e. The number of hydrogen-bond donors (Lipinski definition) is 1. The number of fused-ring (bicyclic) bond motifs is 1. The minimum absolute atomic E-state index is 0.0259. The van der Waals surface area contributed by atoms with E-state index >= 15 is 0 Å². The van der Waals surface area contributed by atoms with Crippen molar-refractivity contribution in [1.29, 1.82) is 0 Å². The normalized spacial score (nSPS) is 16.3. The van der Waals surface area contributed by atoms with Gasteiger partial charge in [-0.05, 0) is 41.2 Å². The van der Waals surface area contributed by atoms with Crippen LogP contribution in [0.25, 0.3) is 10.8 Å². The zero-order valence-corrected chi connectivity index (χ0v) is 12.2. The van der Waals surface area contributed by atoms with Gasteiger partial charge in [0.05, 0.1) is 0 Å². The van der Waals surface area contributed by atoms with E-state index in [4.69, 9.17) is 0 Å². The van der Waals surface area contributed by atoms with Crippen LogP contribution in [-0.4, -0.2) is 17.8 Å². The molecule has 0 aromatic heterocycles. The quantitative estimate of drug-likeness (QED) is 0.855. The van der Waals surface area contributed by atoms with Gasteiger partial charge in [0, 0.05) is 17.4 Å². The standard InChI is InChI=1S/C16H16BrNO/c17-10-16(7-8-16)11-18-15(19)14-6-5-12-3-1-2-4-13(12)9-14/h1-6,9H,7-8,10-11H2,(H,18,19). The van der Waals surface area contributed by atoms with Gasteiger partial charge in [0.15, 0.2) is 0 Å². The molecular formula is C16H16BrNO. The van der Waals surface area contributed by atoms with Gasteiger partial charge in [0.2, 0.25) is 0 Å². The molecule has 0 unspecified atom stereocenters. The Labute approximate surface area is 121 Å². The molecule has 2 nitrogen and oxygen atoms in total. The molecule has 0 aliphatic heterocycles. The molecule has 0 heterocycles. The van der Waals surface area contributed by atoms with Gasteiger partial charge in [-0.25, -0.2) is 0 Å². The first-order valence-electron chi connectivity index (χ1n) is 6.55. The number of carbonyl (C=O) groups is 1. The Morgan fingerprint density at radius 1 is 1.16 bits per heavy atom. The van der Waals surface area contributed by atoms with E-state index in [1.807, 2.05) is 36.4 Å². The molecule has 0 spiro atoms. The van der Waals surface area contributed by atoms with E-state index in [2.05, 4.69) is 27.3 Å². The molecule has 1 aliphatic carbocycles. The molecule has 2 aromatic rings. The minimum Gasteiger partial charge on any atom is -0.351 e. The van der Waals surface area contributed by atoms with Gasteiger partial charge in [-0.2, -0.15) is 0 Å². The first-order valence-corrected chi connectivity index (χ1v) is 7.68. The van der Waals surface area contributed by atoms with Gasteiger partial charge < -0.3 is 5.32 Å². The summed E-state index contributed by atoms with van der Waals surface area (Å²) >= 11 is 3.52. The van der Waals surface area contributed by atoms with Crippen molar-refractivity contribution in [3.05, 3.63) is 48.0 Å². The summed E-state index contributed by atoms with van der Waals surface area (Å²) in [5, 5.41) is 6.29. The number of amides is 1. The molecule has 2 aromatic carbocycles. The Morgan fingerprint density at radius 3 is 2.58 bits per heavy atom. The van der Waals surface area contributed by atoms with Crippen LogP contribution >= 0.6 is 15.9 Å². The molecular weight excluding hydrogens is 302 g/mol. The number of rotatable bonds is 4. The summed E-state index contributed by atoms with van der Waals surface area (Å²) in [5.41, 5.74) is 1.05. The lowest BCUT2D eigenvalue weighted by atomic mass is 10.1. The van der Waals surface area contributed by atoms with Crippen LogP contribution in [0.2, 0.25) is 0 Å². The predicted molar refractivity (Wildman–Crippen MR) is 81.7 cm³/mol. The predicted octanol–water partition coefficient (Wildman–Crippen LogP) is 3.74. The first-order chi connectivity index (χ1) is 9.22. The number of carbonyl (C=O) groups excluding carboxylic acids is 1. The third-order valence-corrected chi connectivity index (χ3v) is 5.07. The SMILES string of the molecule is O=C(NCC1(CBr)CC1)c1ccc2ccccc2c1. The lowest BCUT2D eigenvalue weighted by molar-refractivity contribution is 0.0946. The van der Waals surface area contributed by atoms with E-state index < -0.39 is 0 Å². The zero-order chi connectivity index (χ0) is 13.3. The van der Waals surface area contributed by atoms with Crippen LogP contribution in [0.3, 0.4) is 0 Å². The molecule has 19 heavy (non-hydrogen) atoms. The van der Waals surface area contributed by atoms with Gasteiger partial charge in [-0.1, -0.05) is 46.3 Å². The number of nitrogens with one attached hydrogen (secondary N) is 1. The number of halogens is 1. The summed E-state index contributed by atoms with van der Waals surface area (Å²) < 4.78 is 0. The van der Waals surface area contributed by atoms with Crippen molar-refractivity contribution in [2.75, 3.05) is 11.9 Å². The topological polar surface area (TPSA) is 29.1 Å². The van der Waals surface area contributed by atoms with Crippen molar-refractivity contribution < 1.29 is 4.79 Å². The molecule has 1 aliphatic rings. The Morgan fingerprint density at radius 2 is 1.89 bits per heavy atom. The van der Waals surface area contributed by atoms with Crippen LogP contribution in [0.4, 0.5) is 0 Å². The summed E-state index contributed by atoms with van der Waals surface area (Å²) in [6.07, 6.45) is 2.41. The molecule has 98 valence electrons. The highest BCUT2D eigenvalue weighted by molar-refractivity contribution is 9.09. The maximum absolute atomic E-state index is 12.2. The van der Waals surface area contributed by atoms with Crippen LogP contribution in [0.15, 0.2) is 42.5 Å². The highest BCUT2D eigenvalue weighted by Crippen LogP contribution is 2.46. The Bertz CT molecular complexity index is 619. The lowest BCUT2D eigenvalue weighted by Gasteiger charge is -2.12. The van der Waals surface area contributed by atoms with Gasteiger partial charge >= 0.3 is 0 Å². The molecule has 1 fully saturated rings. The molecule has 1 amide bonds. The number of alkyl halides is 1. The molecule has 1 N–H and O–H groups in total. The van der Waals surface area contributed by atoms with E-state index in [-0.39, 0.29) is 5.91 Å². The maximum Gasteiger partial charge on any atom is 0.251 e. The summed E-state index contributed by atoms with van der Waals surface area (Å²) in [4.78, 5) is 12.2. The molecule has 0 atom stereocenters. The van der Waals surface area contributed by atoms with E-state index in [9.17, 15) is 4.79 Å². The highest BCUT2D eigenvalue weighted by Gasteiger charge is 2.41. The maximum atomic E-state index is 12.2. The first kappa shape index (κ1) is 12.7. The van der Waals surface area contributed by atoms with E-state index in [0.717, 1.165) is 28.2 Å². The Hall–Kier alpha value is -1.35. The fourth-order valence-electron chi connectivity index (χ4n) is 2.23. The molecule has 3 heteroatoms. The van der Waals surface area contributed by atoms with Crippen LogP contribution in [0.5, 0.6) is 0 Å². The van der Waals surface area contributed by atoms with E-state index in [0.29, 0.717) is 5.41 Å². The molecule has 0 radical (unpaired) electrons. The van der Waals surface area contributed by atoms with E-state index in [1.165, 1.54) is 12.8 Å². The second kappa shape index (κ2) is 4.97. The summed E-state index contributed by atoms with van der Waals surface area (Å²) in [5.74, 6) is 0.0259. The van der Waals surface area contributed by atoms with Crippen molar-refractivity contribution in [2.24, 2.45) is 5.41 Å². The Balaban J connectivity index is 1.74.